The van der Waals surface area contributed by atoms with Crippen molar-refractivity contribution < 1.29 is 19.7 Å². The molecule has 0 radical (unpaired) electrons. The van der Waals surface area contributed by atoms with Gasteiger partial charge in [-0.05, 0) is 12.1 Å². The molecule has 0 atom stereocenters. The van der Waals surface area contributed by atoms with E-state index in [0.29, 0.717) is 5.75 Å². The Morgan fingerprint density at radius 3 is 2.46 bits per heavy atom. The molecule has 0 aliphatic rings. The molecule has 1 aromatic rings. The summed E-state index contributed by atoms with van der Waals surface area (Å²) in [6.07, 6.45) is 0. The maximum atomic E-state index is 10.4. The summed E-state index contributed by atoms with van der Waals surface area (Å²) < 4.78 is 4.78. The van der Waals surface area contributed by atoms with Crippen LogP contribution >= 0.6 is 0 Å². The predicted octanol–water partition coefficient (Wildman–Crippen LogP) is 0.450. The number of methoxy groups -OCH3 is 1. The fourth-order valence-electron chi connectivity index (χ4n) is 0.819. The van der Waals surface area contributed by atoms with Gasteiger partial charge < -0.3 is 14.9 Å². The number of aromatic carboxylic acids is 1. The molecule has 1 aromatic carbocycles. The average molecular weight is 192 g/mol. The Labute approximate surface area is 97.4 Å². The van der Waals surface area contributed by atoms with Gasteiger partial charge >= 0.3 is 35.5 Å². The molecular formula is C8H9NaO4. The number of hydrogen-bond donors (Lipinski definition) is 2. The number of ether oxygens (including phenoxy) is 1. The van der Waals surface area contributed by atoms with Crippen molar-refractivity contribution in [1.82, 2.24) is 0 Å². The van der Waals surface area contributed by atoms with E-state index < -0.39 is 5.97 Å². The van der Waals surface area contributed by atoms with Crippen molar-refractivity contribution in [2.75, 3.05) is 7.11 Å². The SMILES string of the molecule is COc1ccc(C(=O)O)c(O)c1.[NaH]. The van der Waals surface area contributed by atoms with Gasteiger partial charge in [0.25, 0.3) is 0 Å². The molecule has 0 spiro atoms. The fourth-order valence-corrected chi connectivity index (χ4v) is 0.819. The Morgan fingerprint density at radius 2 is 2.08 bits per heavy atom. The van der Waals surface area contributed by atoms with E-state index in [9.17, 15) is 4.79 Å². The summed E-state index contributed by atoms with van der Waals surface area (Å²) in [5.41, 5.74) is -0.129. The van der Waals surface area contributed by atoms with Crippen LogP contribution in [-0.2, 0) is 0 Å². The summed E-state index contributed by atoms with van der Waals surface area (Å²) in [5.74, 6) is -1.02. The Hall–Kier alpha value is -0.710. The zero-order valence-corrected chi connectivity index (χ0v) is 6.44. The van der Waals surface area contributed by atoms with Crippen LogP contribution in [0, 0.1) is 0 Å². The van der Waals surface area contributed by atoms with Gasteiger partial charge in [0.05, 0.1) is 7.11 Å². The van der Waals surface area contributed by atoms with Crippen LogP contribution in [0.15, 0.2) is 18.2 Å². The third-order valence-electron chi connectivity index (χ3n) is 1.44. The average Bonchev–Trinajstić information content (AvgIpc) is 2.03. The molecule has 0 aliphatic carbocycles. The summed E-state index contributed by atoms with van der Waals surface area (Å²) in [6, 6.07) is 4.02. The fraction of sp³-hybridized carbons (Fsp3) is 0.125. The van der Waals surface area contributed by atoms with Gasteiger partial charge in [-0.1, -0.05) is 0 Å². The topological polar surface area (TPSA) is 66.8 Å². The van der Waals surface area contributed by atoms with Gasteiger partial charge in [-0.3, -0.25) is 0 Å². The second kappa shape index (κ2) is 5.11. The van der Waals surface area contributed by atoms with Gasteiger partial charge in [-0.25, -0.2) is 4.79 Å². The molecule has 0 saturated heterocycles. The molecule has 0 amide bonds. The number of carboxylic acid groups (broad SMARTS) is 1. The van der Waals surface area contributed by atoms with Crippen LogP contribution in [0.2, 0.25) is 0 Å². The van der Waals surface area contributed by atoms with Crippen LogP contribution in [0.3, 0.4) is 0 Å². The van der Waals surface area contributed by atoms with Gasteiger partial charge in [0.2, 0.25) is 0 Å². The summed E-state index contributed by atoms with van der Waals surface area (Å²) in [5, 5.41) is 17.7. The second-order valence-corrected chi connectivity index (χ2v) is 2.19. The minimum absolute atomic E-state index is 0. The molecular weight excluding hydrogens is 183 g/mol. The van der Waals surface area contributed by atoms with E-state index in [0.717, 1.165) is 0 Å². The second-order valence-electron chi connectivity index (χ2n) is 2.19. The first kappa shape index (κ1) is 12.3. The Morgan fingerprint density at radius 1 is 1.46 bits per heavy atom. The van der Waals surface area contributed by atoms with Crippen molar-refractivity contribution in [2.45, 2.75) is 0 Å². The number of carboxylic acids is 1. The molecule has 0 saturated carbocycles. The molecule has 0 fully saturated rings. The van der Waals surface area contributed by atoms with E-state index in [1.54, 1.807) is 0 Å². The maximum absolute atomic E-state index is 10.4. The first-order chi connectivity index (χ1) is 5.65. The molecule has 13 heavy (non-hydrogen) atoms. The molecule has 0 unspecified atom stereocenters. The summed E-state index contributed by atoms with van der Waals surface area (Å²) in [4.78, 5) is 10.4. The van der Waals surface area contributed by atoms with Gasteiger partial charge in [-0.15, -0.1) is 0 Å². The number of benzene rings is 1. The van der Waals surface area contributed by atoms with Gasteiger partial charge in [0, 0.05) is 6.07 Å². The number of aromatic hydroxyl groups is 1. The van der Waals surface area contributed by atoms with Crippen molar-refractivity contribution in [3.8, 4) is 11.5 Å². The molecule has 1 rings (SSSR count). The molecule has 5 heteroatoms. The van der Waals surface area contributed by atoms with E-state index in [4.69, 9.17) is 14.9 Å². The summed E-state index contributed by atoms with van der Waals surface area (Å²) >= 11 is 0. The van der Waals surface area contributed by atoms with Crippen molar-refractivity contribution in [2.24, 2.45) is 0 Å². The van der Waals surface area contributed by atoms with E-state index in [1.165, 1.54) is 25.3 Å². The Kier molecular flexibility index (Phi) is 4.83. The molecule has 2 N–H and O–H groups in total. The van der Waals surface area contributed by atoms with Crippen LogP contribution in [0.25, 0.3) is 0 Å². The number of phenols is 1. The van der Waals surface area contributed by atoms with Crippen molar-refractivity contribution in [3.05, 3.63) is 23.8 Å². The minimum atomic E-state index is -1.16. The summed E-state index contributed by atoms with van der Waals surface area (Å²) in [7, 11) is 1.44. The number of hydrogen-bond acceptors (Lipinski definition) is 3. The number of rotatable bonds is 2. The molecule has 0 heterocycles. The van der Waals surface area contributed by atoms with Gasteiger partial charge in [-0.2, -0.15) is 0 Å². The van der Waals surface area contributed by atoms with Crippen LogP contribution in [-0.4, -0.2) is 52.8 Å². The third-order valence-corrected chi connectivity index (χ3v) is 1.44. The van der Waals surface area contributed by atoms with Gasteiger partial charge in [0.1, 0.15) is 17.1 Å². The monoisotopic (exact) mass is 192 g/mol. The molecule has 4 nitrogen and oxygen atoms in total. The normalized spacial score (nSPS) is 8.69. The van der Waals surface area contributed by atoms with Crippen LogP contribution < -0.4 is 4.74 Å². The Bertz CT molecular complexity index is 311. The number of carbonyl (C=O) groups is 1. The zero-order chi connectivity index (χ0) is 9.14. The molecule has 0 aromatic heterocycles. The van der Waals surface area contributed by atoms with Crippen LogP contribution in [0.1, 0.15) is 10.4 Å². The van der Waals surface area contributed by atoms with Crippen molar-refractivity contribution in [1.29, 1.82) is 0 Å². The van der Waals surface area contributed by atoms with Crippen molar-refractivity contribution in [3.63, 3.8) is 0 Å². The molecule has 0 bridgehead atoms. The van der Waals surface area contributed by atoms with Crippen LogP contribution in [0.4, 0.5) is 0 Å². The Balaban J connectivity index is 0.00000144. The van der Waals surface area contributed by atoms with Crippen molar-refractivity contribution >= 4 is 35.5 Å². The first-order valence-corrected chi connectivity index (χ1v) is 3.25. The third kappa shape index (κ3) is 2.91. The van der Waals surface area contributed by atoms with Gasteiger partial charge in [0.15, 0.2) is 0 Å². The van der Waals surface area contributed by atoms with E-state index in [-0.39, 0.29) is 40.9 Å². The standard InChI is InChI=1S/C8H8O4.Na.H/c1-12-5-2-3-6(8(10)11)7(9)4-5;;/h2-4,9H,1H3,(H,10,11);;. The summed E-state index contributed by atoms with van der Waals surface area (Å²) in [6.45, 7) is 0. The molecule has 0 aliphatic heterocycles. The quantitative estimate of drug-likeness (QED) is 0.667. The predicted molar refractivity (Wildman–Crippen MR) is 48.8 cm³/mol. The van der Waals surface area contributed by atoms with E-state index in [1.807, 2.05) is 0 Å². The van der Waals surface area contributed by atoms with E-state index >= 15 is 0 Å². The molecule has 66 valence electrons. The first-order valence-electron chi connectivity index (χ1n) is 3.25. The van der Waals surface area contributed by atoms with Crippen LogP contribution in [0.5, 0.6) is 11.5 Å². The van der Waals surface area contributed by atoms with E-state index in [2.05, 4.69) is 0 Å². The zero-order valence-electron chi connectivity index (χ0n) is 6.44.